The van der Waals surface area contributed by atoms with Gasteiger partial charge in [-0.25, -0.2) is 8.78 Å². The van der Waals surface area contributed by atoms with Gasteiger partial charge in [0.05, 0.1) is 6.42 Å². The van der Waals surface area contributed by atoms with Crippen molar-refractivity contribution in [3.63, 3.8) is 0 Å². The highest BCUT2D eigenvalue weighted by Crippen LogP contribution is 2.18. The maximum Gasteiger partial charge on any atom is 0.170 e. The van der Waals surface area contributed by atoms with Crippen LogP contribution in [0.2, 0.25) is 0 Å². The van der Waals surface area contributed by atoms with Crippen LogP contribution in [0, 0.1) is 11.6 Å². The molecule has 3 aromatic carbocycles. The van der Waals surface area contributed by atoms with E-state index in [2.05, 4.69) is 0 Å². The Kier molecular flexibility index (Phi) is 3.98. The molecule has 0 atom stereocenters. The fraction of sp³-hybridized carbons (Fsp3) is 0.0526. The molecule has 114 valence electrons. The van der Waals surface area contributed by atoms with Crippen LogP contribution in [0.3, 0.4) is 0 Å². The van der Waals surface area contributed by atoms with Crippen molar-refractivity contribution in [2.45, 2.75) is 6.42 Å². The van der Waals surface area contributed by atoms with Gasteiger partial charge in [-0.15, -0.1) is 0 Å². The number of carbonyl (C=O) groups is 2. The van der Waals surface area contributed by atoms with Crippen LogP contribution in [-0.4, -0.2) is 11.6 Å². The maximum absolute atomic E-state index is 13.1. The molecule has 0 aliphatic heterocycles. The van der Waals surface area contributed by atoms with E-state index in [0.717, 1.165) is 22.9 Å². The van der Waals surface area contributed by atoms with E-state index >= 15 is 0 Å². The smallest absolute Gasteiger partial charge is 0.170 e. The molecule has 0 bridgehead atoms. The van der Waals surface area contributed by atoms with Crippen molar-refractivity contribution in [2.75, 3.05) is 0 Å². The van der Waals surface area contributed by atoms with Crippen LogP contribution >= 0.6 is 0 Å². The fourth-order valence-electron chi connectivity index (χ4n) is 2.43. The van der Waals surface area contributed by atoms with E-state index in [1.807, 2.05) is 24.3 Å². The van der Waals surface area contributed by atoms with E-state index in [1.165, 1.54) is 0 Å². The van der Waals surface area contributed by atoms with Crippen LogP contribution in [0.1, 0.15) is 27.1 Å². The van der Waals surface area contributed by atoms with Crippen molar-refractivity contribution in [3.8, 4) is 0 Å². The molecule has 0 heterocycles. The van der Waals surface area contributed by atoms with Crippen LogP contribution in [0.4, 0.5) is 8.78 Å². The van der Waals surface area contributed by atoms with Crippen LogP contribution in [0.25, 0.3) is 10.8 Å². The summed E-state index contributed by atoms with van der Waals surface area (Å²) >= 11 is 0. The minimum absolute atomic E-state index is 0.142. The van der Waals surface area contributed by atoms with Gasteiger partial charge in [0.15, 0.2) is 11.6 Å². The molecule has 0 unspecified atom stereocenters. The highest BCUT2D eigenvalue weighted by molar-refractivity contribution is 6.14. The van der Waals surface area contributed by atoms with Gasteiger partial charge in [0.25, 0.3) is 0 Å². The molecule has 3 rings (SSSR count). The van der Waals surface area contributed by atoms with Gasteiger partial charge in [-0.3, -0.25) is 9.59 Å². The molecule has 0 aromatic heterocycles. The van der Waals surface area contributed by atoms with Gasteiger partial charge >= 0.3 is 0 Å². The first kappa shape index (κ1) is 15.0. The molecule has 0 spiro atoms. The quantitative estimate of drug-likeness (QED) is 0.522. The molecule has 3 aromatic rings. The molecule has 0 radical (unpaired) electrons. The number of rotatable bonds is 4. The molecule has 0 aliphatic carbocycles. The Morgan fingerprint density at radius 3 is 2.00 bits per heavy atom. The average Bonchev–Trinajstić information content (AvgIpc) is 2.53. The van der Waals surface area contributed by atoms with Gasteiger partial charge in [-0.05, 0) is 29.0 Å². The van der Waals surface area contributed by atoms with Crippen molar-refractivity contribution in [1.82, 2.24) is 0 Å². The van der Waals surface area contributed by atoms with Crippen molar-refractivity contribution in [3.05, 3.63) is 83.4 Å². The molecule has 0 saturated heterocycles. The standard InChI is InChI=1S/C19H12F2O2/c20-16-8-15(9-17(21)10-16)19(23)11-18(22)14-6-5-12-3-1-2-4-13(12)7-14/h1-10H,11H2. The Morgan fingerprint density at radius 2 is 1.30 bits per heavy atom. The third kappa shape index (κ3) is 3.31. The van der Waals surface area contributed by atoms with Gasteiger partial charge in [-0.2, -0.15) is 0 Å². The van der Waals surface area contributed by atoms with E-state index in [-0.39, 0.29) is 11.3 Å². The molecular formula is C19H12F2O2. The second kappa shape index (κ2) is 6.08. The average molecular weight is 310 g/mol. The SMILES string of the molecule is O=C(CC(=O)c1ccc2ccccc2c1)c1cc(F)cc(F)c1. The first-order chi connectivity index (χ1) is 11.0. The van der Waals surface area contributed by atoms with Crippen LogP contribution in [0.15, 0.2) is 60.7 Å². The van der Waals surface area contributed by atoms with E-state index < -0.39 is 23.8 Å². The summed E-state index contributed by atoms with van der Waals surface area (Å²) in [5, 5.41) is 1.88. The summed E-state index contributed by atoms with van der Waals surface area (Å²) < 4.78 is 26.3. The molecule has 2 nitrogen and oxygen atoms in total. The minimum atomic E-state index is -0.841. The molecule has 4 heteroatoms. The van der Waals surface area contributed by atoms with Crippen molar-refractivity contribution >= 4 is 22.3 Å². The molecule has 23 heavy (non-hydrogen) atoms. The van der Waals surface area contributed by atoms with Crippen LogP contribution in [0.5, 0.6) is 0 Å². The van der Waals surface area contributed by atoms with Crippen LogP contribution in [-0.2, 0) is 0 Å². The molecule has 0 saturated carbocycles. The number of hydrogen-bond donors (Lipinski definition) is 0. The number of hydrogen-bond acceptors (Lipinski definition) is 2. The van der Waals surface area contributed by atoms with Gasteiger partial charge in [0, 0.05) is 17.2 Å². The van der Waals surface area contributed by atoms with E-state index in [9.17, 15) is 18.4 Å². The Hall–Kier alpha value is -2.88. The number of ketones is 2. The highest BCUT2D eigenvalue weighted by atomic mass is 19.1. The number of halogens is 2. The lowest BCUT2D eigenvalue weighted by molar-refractivity contribution is 0.0893. The molecule has 0 amide bonds. The zero-order valence-corrected chi connectivity index (χ0v) is 12.1. The predicted molar refractivity (Wildman–Crippen MR) is 83.6 cm³/mol. The fourth-order valence-corrected chi connectivity index (χ4v) is 2.43. The first-order valence-electron chi connectivity index (χ1n) is 7.04. The van der Waals surface area contributed by atoms with Crippen molar-refractivity contribution in [2.24, 2.45) is 0 Å². The second-order valence-corrected chi connectivity index (χ2v) is 5.24. The summed E-state index contributed by atoms with van der Waals surface area (Å²) in [7, 11) is 0. The Labute approximate surface area is 131 Å². The van der Waals surface area contributed by atoms with E-state index in [1.54, 1.807) is 18.2 Å². The van der Waals surface area contributed by atoms with E-state index in [0.29, 0.717) is 11.6 Å². The Morgan fingerprint density at radius 1 is 0.696 bits per heavy atom. The number of Topliss-reactive ketones (excluding diaryl/α,β-unsaturated/α-hetero) is 2. The van der Waals surface area contributed by atoms with Gasteiger partial charge in [-0.1, -0.05) is 36.4 Å². The third-order valence-electron chi connectivity index (χ3n) is 3.58. The van der Waals surface area contributed by atoms with Gasteiger partial charge in [0.1, 0.15) is 11.6 Å². The third-order valence-corrected chi connectivity index (χ3v) is 3.58. The molecule has 0 fully saturated rings. The van der Waals surface area contributed by atoms with Crippen LogP contribution < -0.4 is 0 Å². The number of fused-ring (bicyclic) bond motifs is 1. The van der Waals surface area contributed by atoms with Gasteiger partial charge < -0.3 is 0 Å². The summed E-state index contributed by atoms with van der Waals surface area (Å²) in [6, 6.07) is 15.2. The lowest BCUT2D eigenvalue weighted by atomic mass is 9.99. The normalized spacial score (nSPS) is 10.7. The summed E-state index contributed by atoms with van der Waals surface area (Å²) in [6.07, 6.45) is -0.429. The zero-order chi connectivity index (χ0) is 16.4. The monoisotopic (exact) mass is 310 g/mol. The summed E-state index contributed by atoms with van der Waals surface area (Å²) in [5.74, 6) is -2.68. The van der Waals surface area contributed by atoms with E-state index in [4.69, 9.17) is 0 Å². The summed E-state index contributed by atoms with van der Waals surface area (Å²) in [4.78, 5) is 24.3. The lowest BCUT2D eigenvalue weighted by Crippen LogP contribution is -2.09. The Bertz CT molecular complexity index is 896. The Balaban J connectivity index is 1.83. The first-order valence-corrected chi connectivity index (χ1v) is 7.04. The topological polar surface area (TPSA) is 34.1 Å². The second-order valence-electron chi connectivity index (χ2n) is 5.24. The van der Waals surface area contributed by atoms with Crippen molar-refractivity contribution < 1.29 is 18.4 Å². The zero-order valence-electron chi connectivity index (χ0n) is 12.1. The lowest BCUT2D eigenvalue weighted by Gasteiger charge is -2.04. The largest absolute Gasteiger partial charge is 0.294 e. The number of benzene rings is 3. The summed E-state index contributed by atoms with van der Waals surface area (Å²) in [5.41, 5.74) is 0.255. The minimum Gasteiger partial charge on any atom is -0.294 e. The van der Waals surface area contributed by atoms with Crippen molar-refractivity contribution in [1.29, 1.82) is 0 Å². The summed E-state index contributed by atoms with van der Waals surface area (Å²) in [6.45, 7) is 0. The molecule has 0 aliphatic rings. The highest BCUT2D eigenvalue weighted by Gasteiger charge is 2.15. The number of carbonyl (C=O) groups excluding carboxylic acids is 2. The predicted octanol–water partition coefficient (Wildman–Crippen LogP) is 4.57. The molecule has 0 N–H and O–H groups in total. The maximum atomic E-state index is 13.1. The van der Waals surface area contributed by atoms with Gasteiger partial charge in [0.2, 0.25) is 0 Å². The molecular weight excluding hydrogens is 298 g/mol.